The molecule has 0 bridgehead atoms. The van der Waals surface area contributed by atoms with Crippen LogP contribution in [-0.2, 0) is 0 Å². The van der Waals surface area contributed by atoms with Crippen LogP contribution in [0.4, 0.5) is 0 Å². The Morgan fingerprint density at radius 1 is 1.27 bits per heavy atom. The van der Waals surface area contributed by atoms with Crippen molar-refractivity contribution >= 4 is 57.9 Å². The van der Waals surface area contributed by atoms with Gasteiger partial charge in [0.25, 0.3) is 3.12 Å². The van der Waals surface area contributed by atoms with Crippen LogP contribution < -0.4 is 5.76 Å². The van der Waals surface area contributed by atoms with Gasteiger partial charge in [0, 0.05) is 11.9 Å². The van der Waals surface area contributed by atoms with Gasteiger partial charge >= 0.3 is 5.76 Å². The predicted molar refractivity (Wildman–Crippen MR) is 63.8 cm³/mol. The van der Waals surface area contributed by atoms with Gasteiger partial charge in [0.15, 0.2) is 5.58 Å². The Kier molecular flexibility index (Phi) is 2.94. The number of nitrogens with zero attached hydrogens (tertiary/aromatic N) is 1. The summed E-state index contributed by atoms with van der Waals surface area (Å²) in [5, 5.41) is 0. The summed E-state index contributed by atoms with van der Waals surface area (Å²) in [6, 6.07) is 6.91. The molecule has 7 heteroatoms. The van der Waals surface area contributed by atoms with E-state index in [-0.39, 0.29) is 0 Å². The van der Waals surface area contributed by atoms with Crippen molar-refractivity contribution in [1.29, 1.82) is 0 Å². The maximum Gasteiger partial charge on any atom is 0.430 e. The minimum absolute atomic E-state index is 0.462. The number of halogens is 3. The number of oxazole rings is 1. The highest BCUT2D eigenvalue weighted by Gasteiger charge is 2.25. The molecule has 80 valence electrons. The molecule has 1 heterocycles. The molecule has 0 amide bonds. The molecule has 0 atom stereocenters. The summed E-state index contributed by atoms with van der Waals surface area (Å²) in [5.41, 5.74) is 1.04. The molecule has 0 fully saturated rings. The van der Waals surface area contributed by atoms with E-state index in [9.17, 15) is 4.79 Å². The summed E-state index contributed by atoms with van der Waals surface area (Å²) < 4.78 is 4.57. The Hall–Kier alpha value is -0.290. The summed E-state index contributed by atoms with van der Waals surface area (Å²) >= 11 is 17.5. The van der Waals surface area contributed by atoms with Gasteiger partial charge in [0.1, 0.15) is 5.52 Å². The topological polar surface area (TPSA) is 35.1 Å². The lowest BCUT2D eigenvalue weighted by molar-refractivity contribution is 0.550. The van der Waals surface area contributed by atoms with Crippen molar-refractivity contribution in [3.8, 4) is 0 Å². The highest BCUT2D eigenvalue weighted by Crippen LogP contribution is 2.40. The van der Waals surface area contributed by atoms with E-state index in [1.165, 1.54) is 3.97 Å². The number of fused-ring (bicyclic) bond motifs is 1. The summed E-state index contributed by atoms with van der Waals surface area (Å²) in [6.07, 6.45) is 0. The fourth-order valence-corrected chi connectivity index (χ4v) is 2.32. The van der Waals surface area contributed by atoms with Crippen molar-refractivity contribution in [2.75, 3.05) is 0 Å². The van der Waals surface area contributed by atoms with Crippen LogP contribution in [0.1, 0.15) is 0 Å². The van der Waals surface area contributed by atoms with Gasteiger partial charge in [-0.3, -0.25) is 0 Å². The minimum Gasteiger partial charge on any atom is -0.407 e. The SMILES string of the molecule is O=c1oc2ccccc2n1SC(Cl)(Cl)Cl. The van der Waals surface area contributed by atoms with E-state index in [2.05, 4.69) is 0 Å². The maximum atomic E-state index is 11.4. The van der Waals surface area contributed by atoms with E-state index in [1.807, 2.05) is 0 Å². The van der Waals surface area contributed by atoms with Crippen LogP contribution in [-0.4, -0.2) is 7.10 Å². The molecule has 0 aliphatic carbocycles. The smallest absolute Gasteiger partial charge is 0.407 e. The molecule has 0 aliphatic rings. The summed E-state index contributed by atoms with van der Waals surface area (Å²) in [7, 11) is 0. The first kappa shape index (κ1) is 11.2. The molecule has 0 spiro atoms. The van der Waals surface area contributed by atoms with E-state index in [1.54, 1.807) is 24.3 Å². The standard InChI is InChI=1S/C8H4Cl3NO2S/c9-8(10,11)15-12-5-3-1-2-4-6(5)14-7(12)13/h1-4H. The first-order chi connectivity index (χ1) is 6.97. The van der Waals surface area contributed by atoms with Crippen LogP contribution in [0, 0.1) is 0 Å². The Morgan fingerprint density at radius 2 is 1.93 bits per heavy atom. The van der Waals surface area contributed by atoms with Gasteiger partial charge in [0.05, 0.1) is 0 Å². The van der Waals surface area contributed by atoms with Crippen molar-refractivity contribution in [3.05, 3.63) is 34.8 Å². The van der Waals surface area contributed by atoms with E-state index in [0.29, 0.717) is 11.1 Å². The zero-order valence-electron chi connectivity index (χ0n) is 7.12. The second kappa shape index (κ2) is 3.94. The van der Waals surface area contributed by atoms with Gasteiger partial charge in [-0.25, -0.2) is 8.77 Å². The molecular formula is C8H4Cl3NO2S. The van der Waals surface area contributed by atoms with Crippen molar-refractivity contribution in [2.45, 2.75) is 3.12 Å². The molecule has 1 aromatic carbocycles. The number of para-hydroxylation sites is 2. The average molecular weight is 285 g/mol. The van der Waals surface area contributed by atoms with Crippen LogP contribution in [0.15, 0.2) is 33.5 Å². The van der Waals surface area contributed by atoms with Crippen LogP contribution in [0.3, 0.4) is 0 Å². The first-order valence-electron chi connectivity index (χ1n) is 3.84. The summed E-state index contributed by atoms with van der Waals surface area (Å²) in [4.78, 5) is 11.4. The number of hydrogen-bond acceptors (Lipinski definition) is 3. The van der Waals surface area contributed by atoms with Crippen LogP contribution in [0.5, 0.6) is 0 Å². The first-order valence-corrected chi connectivity index (χ1v) is 5.75. The molecule has 0 aliphatic heterocycles. The van der Waals surface area contributed by atoms with Crippen molar-refractivity contribution < 1.29 is 4.42 Å². The highest BCUT2D eigenvalue weighted by atomic mass is 35.6. The Morgan fingerprint density at radius 3 is 2.60 bits per heavy atom. The molecule has 1 aromatic heterocycles. The number of benzene rings is 1. The molecule has 0 unspecified atom stereocenters. The van der Waals surface area contributed by atoms with Gasteiger partial charge in [0.2, 0.25) is 0 Å². The van der Waals surface area contributed by atoms with Crippen LogP contribution in [0.25, 0.3) is 11.1 Å². The quantitative estimate of drug-likeness (QED) is 0.753. The predicted octanol–water partition coefficient (Wildman–Crippen LogP) is 3.42. The normalized spacial score (nSPS) is 12.2. The molecule has 2 aromatic rings. The molecule has 2 rings (SSSR count). The summed E-state index contributed by atoms with van der Waals surface area (Å²) in [5.74, 6) is -0.562. The number of aromatic nitrogens is 1. The van der Waals surface area contributed by atoms with Crippen LogP contribution in [0.2, 0.25) is 0 Å². The maximum absolute atomic E-state index is 11.4. The molecule has 15 heavy (non-hydrogen) atoms. The third kappa shape index (κ3) is 2.45. The number of hydrogen-bond donors (Lipinski definition) is 0. The van der Waals surface area contributed by atoms with Crippen molar-refractivity contribution in [3.63, 3.8) is 0 Å². The van der Waals surface area contributed by atoms with Gasteiger partial charge in [-0.1, -0.05) is 46.9 Å². The average Bonchev–Trinajstić information content (AvgIpc) is 2.41. The van der Waals surface area contributed by atoms with E-state index >= 15 is 0 Å². The second-order valence-corrected chi connectivity index (χ2v) is 6.78. The van der Waals surface area contributed by atoms with E-state index < -0.39 is 8.88 Å². The third-order valence-electron chi connectivity index (χ3n) is 1.64. The van der Waals surface area contributed by atoms with Gasteiger partial charge in [-0.2, -0.15) is 0 Å². The Bertz CT molecular complexity index is 543. The van der Waals surface area contributed by atoms with E-state index in [4.69, 9.17) is 39.2 Å². The third-order valence-corrected chi connectivity index (χ3v) is 3.00. The van der Waals surface area contributed by atoms with Gasteiger partial charge in [-0.15, -0.1) is 0 Å². The highest BCUT2D eigenvalue weighted by molar-refractivity contribution is 8.03. The van der Waals surface area contributed by atoms with Crippen molar-refractivity contribution in [1.82, 2.24) is 3.97 Å². The molecule has 0 saturated heterocycles. The molecular weight excluding hydrogens is 281 g/mol. The van der Waals surface area contributed by atoms with Gasteiger partial charge < -0.3 is 4.42 Å². The minimum atomic E-state index is -1.60. The second-order valence-electron chi connectivity index (χ2n) is 2.67. The van der Waals surface area contributed by atoms with E-state index in [0.717, 1.165) is 11.9 Å². The fraction of sp³-hybridized carbons (Fsp3) is 0.125. The Balaban J connectivity index is 2.60. The van der Waals surface area contributed by atoms with Crippen molar-refractivity contribution in [2.24, 2.45) is 0 Å². The zero-order chi connectivity index (χ0) is 11.1. The number of rotatable bonds is 1. The molecule has 0 radical (unpaired) electrons. The lowest BCUT2D eigenvalue weighted by Gasteiger charge is -2.08. The lowest BCUT2D eigenvalue weighted by Crippen LogP contribution is -2.12. The zero-order valence-corrected chi connectivity index (χ0v) is 10.2. The number of alkyl halides is 3. The molecule has 0 saturated carbocycles. The largest absolute Gasteiger partial charge is 0.430 e. The molecule has 3 nitrogen and oxygen atoms in total. The van der Waals surface area contributed by atoms with Crippen LogP contribution >= 0.6 is 46.8 Å². The summed E-state index contributed by atoms with van der Waals surface area (Å²) in [6.45, 7) is 0. The Labute approximate surface area is 104 Å². The lowest BCUT2D eigenvalue weighted by atomic mass is 10.3. The fourth-order valence-electron chi connectivity index (χ4n) is 1.14. The monoisotopic (exact) mass is 283 g/mol. The molecule has 0 N–H and O–H groups in total. The van der Waals surface area contributed by atoms with Gasteiger partial charge in [-0.05, 0) is 12.1 Å².